The van der Waals surface area contributed by atoms with E-state index in [1.54, 1.807) is 6.07 Å². The van der Waals surface area contributed by atoms with Crippen LogP contribution in [0.5, 0.6) is 0 Å². The molecule has 0 spiro atoms. The van der Waals surface area contributed by atoms with Gasteiger partial charge in [-0.2, -0.15) is 10.2 Å². The van der Waals surface area contributed by atoms with Gasteiger partial charge in [0.1, 0.15) is 0 Å². The lowest BCUT2D eigenvalue weighted by Crippen LogP contribution is -2.31. The van der Waals surface area contributed by atoms with Crippen molar-refractivity contribution in [2.45, 2.75) is 32.7 Å². The number of halogens is 2. The van der Waals surface area contributed by atoms with E-state index in [1.807, 2.05) is 19.9 Å². The van der Waals surface area contributed by atoms with Crippen molar-refractivity contribution in [2.75, 3.05) is 0 Å². The van der Waals surface area contributed by atoms with Crippen molar-refractivity contribution < 1.29 is 8.78 Å². The standard InChI is InChI=1S/C15H18F2N4/c1-3-13-11(7-9(2)20-21-13)14(19-18)8-10-5-4-6-12(16)15(10)17/h4-7,14,19H,3,8,18H2,1-2H3. The number of rotatable bonds is 5. The molecule has 0 aliphatic rings. The molecule has 1 aromatic carbocycles. The minimum atomic E-state index is -0.858. The van der Waals surface area contributed by atoms with Crippen molar-refractivity contribution in [3.63, 3.8) is 0 Å². The van der Waals surface area contributed by atoms with Crippen LogP contribution in [0.3, 0.4) is 0 Å². The first kappa shape index (κ1) is 15.5. The average molecular weight is 292 g/mol. The Morgan fingerprint density at radius 3 is 2.71 bits per heavy atom. The van der Waals surface area contributed by atoms with Crippen LogP contribution in [0, 0.1) is 18.6 Å². The van der Waals surface area contributed by atoms with Crippen molar-refractivity contribution in [3.05, 3.63) is 58.4 Å². The van der Waals surface area contributed by atoms with Gasteiger partial charge >= 0.3 is 0 Å². The average Bonchev–Trinajstić information content (AvgIpc) is 2.49. The predicted molar refractivity (Wildman–Crippen MR) is 76.3 cm³/mol. The van der Waals surface area contributed by atoms with Crippen molar-refractivity contribution in [2.24, 2.45) is 5.84 Å². The zero-order valence-electron chi connectivity index (χ0n) is 12.0. The van der Waals surface area contributed by atoms with E-state index >= 15 is 0 Å². The van der Waals surface area contributed by atoms with Gasteiger partial charge in [0, 0.05) is 0 Å². The highest BCUT2D eigenvalue weighted by Gasteiger charge is 2.18. The molecular weight excluding hydrogens is 274 g/mol. The minimum absolute atomic E-state index is 0.234. The van der Waals surface area contributed by atoms with E-state index in [2.05, 4.69) is 15.6 Å². The van der Waals surface area contributed by atoms with E-state index in [0.717, 1.165) is 23.0 Å². The SMILES string of the molecule is CCc1nnc(C)cc1C(Cc1cccc(F)c1F)NN. The molecule has 3 N–H and O–H groups in total. The van der Waals surface area contributed by atoms with Crippen LogP contribution >= 0.6 is 0 Å². The molecule has 4 nitrogen and oxygen atoms in total. The first-order chi connectivity index (χ1) is 10.1. The molecule has 0 fully saturated rings. The fourth-order valence-corrected chi connectivity index (χ4v) is 2.30. The number of aromatic nitrogens is 2. The molecule has 1 atom stereocenters. The first-order valence-electron chi connectivity index (χ1n) is 6.79. The molecule has 1 heterocycles. The second kappa shape index (κ2) is 6.69. The largest absolute Gasteiger partial charge is 0.271 e. The van der Waals surface area contributed by atoms with E-state index in [1.165, 1.54) is 6.07 Å². The zero-order chi connectivity index (χ0) is 15.4. The Bertz CT molecular complexity index is 631. The van der Waals surface area contributed by atoms with E-state index in [-0.39, 0.29) is 18.0 Å². The molecule has 2 aromatic rings. The van der Waals surface area contributed by atoms with Gasteiger partial charge in [0.15, 0.2) is 11.6 Å². The monoisotopic (exact) mass is 292 g/mol. The molecule has 1 unspecified atom stereocenters. The van der Waals surface area contributed by atoms with Crippen LogP contribution in [-0.4, -0.2) is 10.2 Å². The molecule has 0 aliphatic carbocycles. The Labute approximate surface area is 122 Å². The van der Waals surface area contributed by atoms with Gasteiger partial charge in [0.05, 0.1) is 17.4 Å². The highest BCUT2D eigenvalue weighted by molar-refractivity contribution is 5.28. The van der Waals surface area contributed by atoms with E-state index in [0.29, 0.717) is 6.42 Å². The number of aryl methyl sites for hydroxylation is 2. The Morgan fingerprint density at radius 1 is 1.29 bits per heavy atom. The Kier molecular flexibility index (Phi) is 4.93. The maximum absolute atomic E-state index is 13.8. The van der Waals surface area contributed by atoms with Crippen LogP contribution in [0.15, 0.2) is 24.3 Å². The third kappa shape index (κ3) is 3.40. The van der Waals surface area contributed by atoms with Crippen LogP contribution in [-0.2, 0) is 12.8 Å². The van der Waals surface area contributed by atoms with Gasteiger partial charge in [-0.1, -0.05) is 19.1 Å². The normalized spacial score (nSPS) is 12.4. The van der Waals surface area contributed by atoms with Crippen LogP contribution < -0.4 is 11.3 Å². The second-order valence-electron chi connectivity index (χ2n) is 4.88. The van der Waals surface area contributed by atoms with Crippen molar-refractivity contribution in [3.8, 4) is 0 Å². The third-order valence-electron chi connectivity index (χ3n) is 3.39. The summed E-state index contributed by atoms with van der Waals surface area (Å²) in [4.78, 5) is 0. The van der Waals surface area contributed by atoms with Crippen LogP contribution in [0.4, 0.5) is 8.78 Å². The quantitative estimate of drug-likeness (QED) is 0.656. The van der Waals surface area contributed by atoms with Gasteiger partial charge in [0.2, 0.25) is 0 Å². The summed E-state index contributed by atoms with van der Waals surface area (Å²) in [6.45, 7) is 3.78. The number of nitrogens with two attached hydrogens (primary N) is 1. The molecule has 112 valence electrons. The van der Waals surface area contributed by atoms with Crippen LogP contribution in [0.1, 0.15) is 35.5 Å². The van der Waals surface area contributed by atoms with Gasteiger partial charge in [-0.05, 0) is 43.0 Å². The smallest absolute Gasteiger partial charge is 0.162 e. The molecule has 0 radical (unpaired) electrons. The lowest BCUT2D eigenvalue weighted by atomic mass is 9.96. The van der Waals surface area contributed by atoms with E-state index in [4.69, 9.17) is 5.84 Å². The maximum Gasteiger partial charge on any atom is 0.162 e. The number of hydrogen-bond acceptors (Lipinski definition) is 4. The lowest BCUT2D eigenvalue weighted by Gasteiger charge is -2.19. The van der Waals surface area contributed by atoms with Gasteiger partial charge < -0.3 is 0 Å². The number of nitrogens with zero attached hydrogens (tertiary/aromatic N) is 2. The molecule has 0 amide bonds. The molecule has 0 saturated carbocycles. The number of benzene rings is 1. The van der Waals surface area contributed by atoms with Gasteiger partial charge in [-0.25, -0.2) is 8.78 Å². The maximum atomic E-state index is 13.8. The van der Waals surface area contributed by atoms with Crippen LogP contribution in [0.2, 0.25) is 0 Å². The molecule has 0 bridgehead atoms. The van der Waals surface area contributed by atoms with Gasteiger partial charge in [-0.15, -0.1) is 0 Å². The summed E-state index contributed by atoms with van der Waals surface area (Å²) < 4.78 is 27.1. The van der Waals surface area contributed by atoms with Gasteiger partial charge in [0.25, 0.3) is 0 Å². The minimum Gasteiger partial charge on any atom is -0.271 e. The summed E-state index contributed by atoms with van der Waals surface area (Å²) in [5.74, 6) is 3.90. The Hall–Kier alpha value is -1.92. The van der Waals surface area contributed by atoms with Gasteiger partial charge in [-0.3, -0.25) is 11.3 Å². The van der Waals surface area contributed by atoms with E-state index < -0.39 is 11.6 Å². The molecule has 0 saturated heterocycles. The summed E-state index contributed by atoms with van der Waals surface area (Å²) in [7, 11) is 0. The summed E-state index contributed by atoms with van der Waals surface area (Å²) in [6, 6.07) is 5.64. The highest BCUT2D eigenvalue weighted by Crippen LogP contribution is 2.23. The molecule has 2 rings (SSSR count). The molecule has 1 aromatic heterocycles. The summed E-state index contributed by atoms with van der Waals surface area (Å²) >= 11 is 0. The molecule has 6 heteroatoms. The Morgan fingerprint density at radius 2 is 2.05 bits per heavy atom. The zero-order valence-corrected chi connectivity index (χ0v) is 12.0. The highest BCUT2D eigenvalue weighted by atomic mass is 19.2. The van der Waals surface area contributed by atoms with E-state index in [9.17, 15) is 8.78 Å². The molecular formula is C15H18F2N4. The number of hydrogen-bond donors (Lipinski definition) is 2. The first-order valence-corrected chi connectivity index (χ1v) is 6.79. The topological polar surface area (TPSA) is 63.8 Å². The Balaban J connectivity index is 2.36. The van der Waals surface area contributed by atoms with Crippen molar-refractivity contribution in [1.29, 1.82) is 0 Å². The second-order valence-corrected chi connectivity index (χ2v) is 4.88. The summed E-state index contributed by atoms with van der Waals surface area (Å²) in [5, 5.41) is 8.15. The van der Waals surface area contributed by atoms with Crippen LogP contribution in [0.25, 0.3) is 0 Å². The van der Waals surface area contributed by atoms with Crippen molar-refractivity contribution in [1.82, 2.24) is 15.6 Å². The third-order valence-corrected chi connectivity index (χ3v) is 3.39. The number of nitrogens with one attached hydrogen (secondary N) is 1. The predicted octanol–water partition coefficient (Wildman–Crippen LogP) is 2.37. The summed E-state index contributed by atoms with van der Waals surface area (Å²) in [6.07, 6.45) is 0.921. The fraction of sp³-hybridized carbons (Fsp3) is 0.333. The fourth-order valence-electron chi connectivity index (χ4n) is 2.30. The lowest BCUT2D eigenvalue weighted by molar-refractivity contribution is 0.479. The number of hydrazine groups is 1. The molecule has 21 heavy (non-hydrogen) atoms. The molecule has 0 aliphatic heterocycles. The summed E-state index contributed by atoms with van der Waals surface area (Å²) in [5.41, 5.74) is 5.33. The van der Waals surface area contributed by atoms with Crippen molar-refractivity contribution >= 4 is 0 Å².